The molecule has 0 aromatic heterocycles. The van der Waals surface area contributed by atoms with Gasteiger partial charge in [0.15, 0.2) is 9.84 Å². The van der Waals surface area contributed by atoms with Crippen LogP contribution in [0.1, 0.15) is 16.8 Å². The van der Waals surface area contributed by atoms with E-state index in [1.54, 1.807) is 7.05 Å². The number of benzene rings is 1. The van der Waals surface area contributed by atoms with Gasteiger partial charge in [-0.15, -0.1) is 0 Å². The average molecular weight is 389 g/mol. The maximum Gasteiger partial charge on any atom is 0.251 e. The van der Waals surface area contributed by atoms with Crippen LogP contribution in [0.5, 0.6) is 0 Å². The molecule has 2 rings (SSSR count). The zero-order valence-electron chi connectivity index (χ0n) is 14.0. The highest BCUT2D eigenvalue weighted by molar-refractivity contribution is 7.91. The quantitative estimate of drug-likeness (QED) is 0.508. The van der Waals surface area contributed by atoms with E-state index in [1.165, 1.54) is 24.3 Å². The zero-order chi connectivity index (χ0) is 18.5. The molecule has 0 radical (unpaired) electrons. The third kappa shape index (κ3) is 5.77. The third-order valence-electron chi connectivity index (χ3n) is 3.96. The minimum atomic E-state index is -3.80. The van der Waals surface area contributed by atoms with Crippen molar-refractivity contribution >= 4 is 25.8 Å². The van der Waals surface area contributed by atoms with E-state index in [0.29, 0.717) is 19.5 Å². The second kappa shape index (κ2) is 8.26. The number of carbonyl (C=O) groups is 1. The summed E-state index contributed by atoms with van der Waals surface area (Å²) in [6.07, 6.45) is 0.457. The molecule has 1 aromatic rings. The minimum absolute atomic E-state index is 0.00340. The summed E-state index contributed by atoms with van der Waals surface area (Å²) >= 11 is 0. The smallest absolute Gasteiger partial charge is 0.251 e. The van der Waals surface area contributed by atoms with Gasteiger partial charge >= 0.3 is 0 Å². The van der Waals surface area contributed by atoms with E-state index in [0.717, 1.165) is 0 Å². The first kappa shape index (κ1) is 19.8. The van der Waals surface area contributed by atoms with Crippen molar-refractivity contribution in [2.24, 2.45) is 5.92 Å². The molecule has 0 bridgehead atoms. The number of nitrogens with one attached hydrogen (secondary N) is 3. The Kier molecular flexibility index (Phi) is 6.55. The SMILES string of the molecule is CNCCNC(=O)c1cccc(S(=O)(=O)NC[C@H]2CCS(=O)(=O)C2)c1. The molecule has 1 amide bonds. The first-order chi connectivity index (χ1) is 11.7. The van der Waals surface area contributed by atoms with Gasteiger partial charge in [-0.3, -0.25) is 4.79 Å². The van der Waals surface area contributed by atoms with Crippen molar-refractivity contribution in [1.29, 1.82) is 0 Å². The summed E-state index contributed by atoms with van der Waals surface area (Å²) in [5.74, 6) is -0.465. The molecule has 0 saturated carbocycles. The number of hydrogen-bond donors (Lipinski definition) is 3. The van der Waals surface area contributed by atoms with Crippen molar-refractivity contribution in [2.45, 2.75) is 11.3 Å². The summed E-state index contributed by atoms with van der Waals surface area (Å²) in [6, 6.07) is 5.75. The van der Waals surface area contributed by atoms with Gasteiger partial charge in [-0.2, -0.15) is 0 Å². The van der Waals surface area contributed by atoms with Gasteiger partial charge in [0.1, 0.15) is 0 Å². The lowest BCUT2D eigenvalue weighted by atomic mass is 10.1. The number of likely N-dealkylation sites (N-methyl/N-ethyl adjacent to an activating group) is 1. The van der Waals surface area contributed by atoms with Gasteiger partial charge < -0.3 is 10.6 Å². The van der Waals surface area contributed by atoms with E-state index >= 15 is 0 Å². The van der Waals surface area contributed by atoms with Crippen LogP contribution in [0.4, 0.5) is 0 Å². The molecule has 0 unspecified atom stereocenters. The maximum absolute atomic E-state index is 12.4. The Morgan fingerprint density at radius 2 is 2.04 bits per heavy atom. The summed E-state index contributed by atoms with van der Waals surface area (Å²) in [4.78, 5) is 12.0. The van der Waals surface area contributed by atoms with Gasteiger partial charge in [0.25, 0.3) is 5.91 Å². The van der Waals surface area contributed by atoms with Crippen LogP contribution in [0.15, 0.2) is 29.2 Å². The molecule has 0 spiro atoms. The van der Waals surface area contributed by atoms with Crippen molar-refractivity contribution in [3.8, 4) is 0 Å². The zero-order valence-corrected chi connectivity index (χ0v) is 15.6. The van der Waals surface area contributed by atoms with Crippen LogP contribution < -0.4 is 15.4 Å². The van der Waals surface area contributed by atoms with Gasteiger partial charge in [-0.25, -0.2) is 21.6 Å². The summed E-state index contributed by atoms with van der Waals surface area (Å²) in [5.41, 5.74) is 0.252. The average Bonchev–Trinajstić information content (AvgIpc) is 2.92. The van der Waals surface area contributed by atoms with Crippen LogP contribution in [0.3, 0.4) is 0 Å². The maximum atomic E-state index is 12.4. The highest BCUT2D eigenvalue weighted by Crippen LogP contribution is 2.18. The van der Waals surface area contributed by atoms with E-state index < -0.39 is 19.9 Å². The van der Waals surface area contributed by atoms with Crippen LogP contribution in [0, 0.1) is 5.92 Å². The molecule has 1 aliphatic heterocycles. The van der Waals surface area contributed by atoms with Gasteiger partial charge in [0, 0.05) is 25.2 Å². The van der Waals surface area contributed by atoms with Crippen LogP contribution in [0.2, 0.25) is 0 Å². The molecular formula is C15H23N3O5S2. The predicted molar refractivity (Wildman–Crippen MR) is 94.7 cm³/mol. The Morgan fingerprint density at radius 3 is 2.68 bits per heavy atom. The van der Waals surface area contributed by atoms with Crippen molar-refractivity contribution in [2.75, 3.05) is 38.2 Å². The summed E-state index contributed by atoms with van der Waals surface area (Å²) in [5, 5.41) is 5.58. The Labute approximate surface area is 148 Å². The Bertz CT molecular complexity index is 821. The number of amides is 1. The van der Waals surface area contributed by atoms with Crippen LogP contribution in [0.25, 0.3) is 0 Å². The Morgan fingerprint density at radius 1 is 1.28 bits per heavy atom. The summed E-state index contributed by atoms with van der Waals surface area (Å²) in [7, 11) is -5.09. The lowest BCUT2D eigenvalue weighted by Crippen LogP contribution is -2.31. The van der Waals surface area contributed by atoms with E-state index in [2.05, 4.69) is 15.4 Å². The van der Waals surface area contributed by atoms with Crippen molar-refractivity contribution in [1.82, 2.24) is 15.4 Å². The standard InChI is InChI=1S/C15H23N3O5S2/c1-16-6-7-17-15(19)13-3-2-4-14(9-13)25(22,23)18-10-12-5-8-24(20,21)11-12/h2-4,9,12,16,18H,5-8,10-11H2,1H3,(H,17,19)/t12-/m1/s1. The molecule has 8 nitrogen and oxygen atoms in total. The number of rotatable bonds is 8. The highest BCUT2D eigenvalue weighted by atomic mass is 32.2. The number of carbonyl (C=O) groups excluding carboxylic acids is 1. The number of hydrogen-bond acceptors (Lipinski definition) is 6. The summed E-state index contributed by atoms with van der Waals surface area (Å²) < 4.78 is 50.1. The molecule has 1 aromatic carbocycles. The van der Waals surface area contributed by atoms with Crippen LogP contribution in [-0.4, -0.2) is 60.9 Å². The highest BCUT2D eigenvalue weighted by Gasteiger charge is 2.29. The van der Waals surface area contributed by atoms with Crippen LogP contribution >= 0.6 is 0 Å². The molecule has 1 saturated heterocycles. The molecule has 1 aliphatic rings. The van der Waals surface area contributed by atoms with E-state index in [9.17, 15) is 21.6 Å². The normalized spacial score (nSPS) is 19.6. The lowest BCUT2D eigenvalue weighted by Gasteiger charge is -2.11. The Balaban J connectivity index is 2.01. The first-order valence-corrected chi connectivity index (χ1v) is 11.3. The van der Waals surface area contributed by atoms with Gasteiger partial charge in [0.05, 0.1) is 16.4 Å². The summed E-state index contributed by atoms with van der Waals surface area (Å²) in [6.45, 7) is 1.11. The fourth-order valence-corrected chi connectivity index (χ4v) is 5.57. The van der Waals surface area contributed by atoms with Crippen LogP contribution in [-0.2, 0) is 19.9 Å². The van der Waals surface area contributed by atoms with Crippen molar-refractivity contribution < 1.29 is 21.6 Å². The van der Waals surface area contributed by atoms with E-state index in [4.69, 9.17) is 0 Å². The second-order valence-electron chi connectivity index (χ2n) is 6.01. The Hall–Kier alpha value is -1.49. The van der Waals surface area contributed by atoms with E-state index in [-0.39, 0.29) is 40.3 Å². The minimum Gasteiger partial charge on any atom is -0.351 e. The topological polar surface area (TPSA) is 121 Å². The predicted octanol–water partition coefficient (Wildman–Crippen LogP) is -0.651. The van der Waals surface area contributed by atoms with Crippen molar-refractivity contribution in [3.63, 3.8) is 0 Å². The molecule has 140 valence electrons. The molecule has 25 heavy (non-hydrogen) atoms. The monoisotopic (exact) mass is 389 g/mol. The molecule has 1 fully saturated rings. The second-order valence-corrected chi connectivity index (χ2v) is 10.0. The van der Waals surface area contributed by atoms with Crippen molar-refractivity contribution in [3.05, 3.63) is 29.8 Å². The number of sulfonamides is 1. The first-order valence-electron chi connectivity index (χ1n) is 7.96. The molecule has 1 heterocycles. The fraction of sp³-hybridized carbons (Fsp3) is 0.533. The van der Waals surface area contributed by atoms with Gasteiger partial charge in [0.2, 0.25) is 10.0 Å². The lowest BCUT2D eigenvalue weighted by molar-refractivity contribution is 0.0954. The molecule has 0 aliphatic carbocycles. The van der Waals surface area contributed by atoms with Gasteiger partial charge in [-0.1, -0.05) is 6.07 Å². The molecule has 3 N–H and O–H groups in total. The van der Waals surface area contributed by atoms with E-state index in [1.807, 2.05) is 0 Å². The number of sulfone groups is 1. The molecule has 1 atom stereocenters. The third-order valence-corrected chi connectivity index (χ3v) is 7.21. The van der Waals surface area contributed by atoms with Gasteiger partial charge in [-0.05, 0) is 37.6 Å². The fourth-order valence-electron chi connectivity index (χ4n) is 2.55. The molecular weight excluding hydrogens is 366 g/mol. The largest absolute Gasteiger partial charge is 0.351 e. The molecule has 10 heteroatoms.